The van der Waals surface area contributed by atoms with E-state index in [9.17, 15) is 4.79 Å². The second kappa shape index (κ2) is 8.29. The van der Waals surface area contributed by atoms with Crippen LogP contribution in [-0.4, -0.2) is 28.3 Å². The number of para-hydroxylation sites is 2. The van der Waals surface area contributed by atoms with Gasteiger partial charge in [-0.3, -0.25) is 4.79 Å². The fourth-order valence-electron chi connectivity index (χ4n) is 2.66. The zero-order valence-corrected chi connectivity index (χ0v) is 15.0. The van der Waals surface area contributed by atoms with E-state index in [1.165, 1.54) is 5.56 Å². The van der Waals surface area contributed by atoms with Gasteiger partial charge in [0.1, 0.15) is 12.3 Å². The standard InChI is InChI=1S/C20H22N4O2/c1-15(7-8-16-9-11-17(26-2)12-10-16)22-23-20(25)13-24-14-21-18-5-3-4-6-19(18)24/h3-6,9-12,14H,7-8,13H2,1-2H3,(H,23,25)/b22-15-. The Morgan fingerprint density at radius 1 is 1.19 bits per heavy atom. The van der Waals surface area contributed by atoms with E-state index in [0.717, 1.165) is 35.3 Å². The van der Waals surface area contributed by atoms with Gasteiger partial charge in [-0.25, -0.2) is 10.4 Å². The molecule has 134 valence electrons. The number of benzene rings is 2. The molecule has 0 aliphatic heterocycles. The van der Waals surface area contributed by atoms with Gasteiger partial charge in [0.05, 0.1) is 24.5 Å². The van der Waals surface area contributed by atoms with Crippen LogP contribution in [0.1, 0.15) is 18.9 Å². The van der Waals surface area contributed by atoms with E-state index < -0.39 is 0 Å². The number of imidazole rings is 1. The summed E-state index contributed by atoms with van der Waals surface area (Å²) in [6, 6.07) is 15.7. The Bertz CT molecular complexity index is 913. The quantitative estimate of drug-likeness (QED) is 0.526. The molecule has 1 aromatic heterocycles. The molecule has 0 saturated heterocycles. The molecule has 1 N–H and O–H groups in total. The number of amides is 1. The number of nitrogens with one attached hydrogen (secondary N) is 1. The molecule has 0 bridgehead atoms. The van der Waals surface area contributed by atoms with Gasteiger partial charge in [-0.15, -0.1) is 0 Å². The number of carbonyl (C=O) groups excluding carboxylic acids is 1. The highest BCUT2D eigenvalue weighted by molar-refractivity contribution is 5.85. The van der Waals surface area contributed by atoms with Crippen molar-refractivity contribution in [3.63, 3.8) is 0 Å². The third-order valence-corrected chi connectivity index (χ3v) is 4.15. The third-order valence-electron chi connectivity index (χ3n) is 4.15. The maximum Gasteiger partial charge on any atom is 0.260 e. The Morgan fingerprint density at radius 2 is 1.96 bits per heavy atom. The summed E-state index contributed by atoms with van der Waals surface area (Å²) in [5.74, 6) is 0.676. The Kier molecular flexibility index (Phi) is 5.63. The van der Waals surface area contributed by atoms with Crippen molar-refractivity contribution in [2.75, 3.05) is 7.11 Å². The van der Waals surface area contributed by atoms with Gasteiger partial charge in [0.15, 0.2) is 0 Å². The second-order valence-electron chi connectivity index (χ2n) is 6.09. The van der Waals surface area contributed by atoms with E-state index in [1.54, 1.807) is 13.4 Å². The summed E-state index contributed by atoms with van der Waals surface area (Å²) < 4.78 is 6.96. The molecule has 0 aliphatic carbocycles. The number of rotatable bonds is 7. The summed E-state index contributed by atoms with van der Waals surface area (Å²) in [4.78, 5) is 16.4. The number of hydrazone groups is 1. The van der Waals surface area contributed by atoms with Crippen molar-refractivity contribution in [3.8, 4) is 5.75 Å². The number of ether oxygens (including phenoxy) is 1. The van der Waals surface area contributed by atoms with Crippen molar-refractivity contribution in [1.29, 1.82) is 0 Å². The molecule has 1 heterocycles. The number of nitrogens with zero attached hydrogens (tertiary/aromatic N) is 3. The molecule has 1 amide bonds. The van der Waals surface area contributed by atoms with Gasteiger partial charge >= 0.3 is 0 Å². The van der Waals surface area contributed by atoms with Crippen LogP contribution in [0.2, 0.25) is 0 Å². The van der Waals surface area contributed by atoms with Crippen molar-refractivity contribution < 1.29 is 9.53 Å². The second-order valence-corrected chi connectivity index (χ2v) is 6.09. The van der Waals surface area contributed by atoms with Gasteiger partial charge < -0.3 is 9.30 Å². The van der Waals surface area contributed by atoms with Gasteiger partial charge in [-0.2, -0.15) is 5.10 Å². The van der Waals surface area contributed by atoms with Crippen LogP contribution in [0.4, 0.5) is 0 Å². The SMILES string of the molecule is COc1ccc(CC/C(C)=N\NC(=O)Cn2cnc3ccccc32)cc1. The van der Waals surface area contributed by atoms with Crippen LogP contribution in [0, 0.1) is 0 Å². The number of methoxy groups -OCH3 is 1. The van der Waals surface area contributed by atoms with Crippen LogP contribution in [-0.2, 0) is 17.8 Å². The first kappa shape index (κ1) is 17.7. The predicted molar refractivity (Wildman–Crippen MR) is 102 cm³/mol. The normalized spacial score (nSPS) is 11.5. The van der Waals surface area contributed by atoms with Gasteiger partial charge in [-0.1, -0.05) is 24.3 Å². The lowest BCUT2D eigenvalue weighted by Gasteiger charge is -2.05. The molecule has 3 rings (SSSR count). The van der Waals surface area contributed by atoms with Crippen molar-refractivity contribution in [2.45, 2.75) is 26.3 Å². The molecule has 0 radical (unpaired) electrons. The molecule has 0 atom stereocenters. The summed E-state index contributed by atoms with van der Waals surface area (Å²) in [6.45, 7) is 2.10. The molecule has 6 heteroatoms. The highest BCUT2D eigenvalue weighted by Crippen LogP contribution is 2.13. The number of aryl methyl sites for hydroxylation is 1. The van der Waals surface area contributed by atoms with Gasteiger partial charge in [-0.05, 0) is 49.6 Å². The van der Waals surface area contributed by atoms with E-state index in [0.29, 0.717) is 0 Å². The van der Waals surface area contributed by atoms with Gasteiger partial charge in [0, 0.05) is 5.71 Å². The zero-order chi connectivity index (χ0) is 18.4. The largest absolute Gasteiger partial charge is 0.497 e. The van der Waals surface area contributed by atoms with Crippen LogP contribution in [0.3, 0.4) is 0 Å². The molecule has 6 nitrogen and oxygen atoms in total. The number of aromatic nitrogens is 2. The summed E-state index contributed by atoms with van der Waals surface area (Å²) in [5, 5.41) is 4.19. The summed E-state index contributed by atoms with van der Waals surface area (Å²) in [5.41, 5.74) is 6.51. The summed E-state index contributed by atoms with van der Waals surface area (Å²) in [7, 11) is 1.65. The van der Waals surface area contributed by atoms with Crippen LogP contribution in [0.5, 0.6) is 5.75 Å². The fraction of sp³-hybridized carbons (Fsp3) is 0.250. The minimum absolute atomic E-state index is 0.169. The van der Waals surface area contributed by atoms with Crippen molar-refractivity contribution >= 4 is 22.7 Å². The number of hydrogen-bond acceptors (Lipinski definition) is 4. The van der Waals surface area contributed by atoms with Gasteiger partial charge in [0.25, 0.3) is 5.91 Å². The number of carbonyl (C=O) groups is 1. The first-order valence-corrected chi connectivity index (χ1v) is 8.50. The summed E-state index contributed by atoms with van der Waals surface area (Å²) >= 11 is 0. The Balaban J connectivity index is 1.50. The number of hydrogen-bond donors (Lipinski definition) is 1. The maximum absolute atomic E-state index is 12.1. The van der Waals surface area contributed by atoms with Crippen molar-refractivity contribution in [3.05, 3.63) is 60.4 Å². The van der Waals surface area contributed by atoms with E-state index in [1.807, 2.05) is 60.0 Å². The molecule has 0 fully saturated rings. The number of fused-ring (bicyclic) bond motifs is 1. The lowest BCUT2D eigenvalue weighted by molar-refractivity contribution is -0.121. The highest BCUT2D eigenvalue weighted by Gasteiger charge is 2.06. The molecule has 3 aromatic rings. The van der Waals surface area contributed by atoms with Crippen LogP contribution < -0.4 is 10.2 Å². The fourth-order valence-corrected chi connectivity index (χ4v) is 2.66. The molecule has 0 aliphatic rings. The molecule has 0 spiro atoms. The minimum Gasteiger partial charge on any atom is -0.497 e. The van der Waals surface area contributed by atoms with Crippen LogP contribution >= 0.6 is 0 Å². The van der Waals surface area contributed by atoms with Crippen molar-refractivity contribution in [2.24, 2.45) is 5.10 Å². The van der Waals surface area contributed by atoms with Gasteiger partial charge in [0.2, 0.25) is 0 Å². The highest BCUT2D eigenvalue weighted by atomic mass is 16.5. The predicted octanol–water partition coefficient (Wildman–Crippen LogP) is 3.17. The molecular formula is C20H22N4O2. The van der Waals surface area contributed by atoms with E-state index >= 15 is 0 Å². The van der Waals surface area contributed by atoms with Crippen molar-refractivity contribution in [1.82, 2.24) is 15.0 Å². The minimum atomic E-state index is -0.169. The van der Waals surface area contributed by atoms with Crippen LogP contribution in [0.15, 0.2) is 60.0 Å². The maximum atomic E-state index is 12.1. The topological polar surface area (TPSA) is 68.5 Å². The molecule has 0 unspecified atom stereocenters. The van der Waals surface area contributed by atoms with E-state index in [4.69, 9.17) is 4.74 Å². The molecule has 0 saturated carbocycles. The average molecular weight is 350 g/mol. The molecule has 26 heavy (non-hydrogen) atoms. The first-order valence-electron chi connectivity index (χ1n) is 8.50. The average Bonchev–Trinajstić information content (AvgIpc) is 3.08. The molecule has 2 aromatic carbocycles. The Labute approximate surface area is 152 Å². The summed E-state index contributed by atoms with van der Waals surface area (Å²) in [6.07, 6.45) is 3.31. The lowest BCUT2D eigenvalue weighted by Crippen LogP contribution is -2.23. The third kappa shape index (κ3) is 4.47. The smallest absolute Gasteiger partial charge is 0.260 e. The monoisotopic (exact) mass is 350 g/mol. The van der Waals surface area contributed by atoms with Crippen LogP contribution in [0.25, 0.3) is 11.0 Å². The Morgan fingerprint density at radius 3 is 2.73 bits per heavy atom. The lowest BCUT2D eigenvalue weighted by atomic mass is 10.1. The first-order chi connectivity index (χ1) is 12.7. The Hall–Kier alpha value is -3.15. The van der Waals surface area contributed by atoms with E-state index in [-0.39, 0.29) is 12.5 Å². The molecular weight excluding hydrogens is 328 g/mol. The zero-order valence-electron chi connectivity index (χ0n) is 15.0. The van der Waals surface area contributed by atoms with E-state index in [2.05, 4.69) is 15.5 Å².